The van der Waals surface area contributed by atoms with Crippen molar-refractivity contribution in [2.75, 3.05) is 13.7 Å². The summed E-state index contributed by atoms with van der Waals surface area (Å²) in [5.74, 6) is 1.24. The number of carbonyl (C=O) groups excluding carboxylic acids is 1. The first-order valence-electron chi connectivity index (χ1n) is 7.44. The molecule has 0 aliphatic heterocycles. The molecular weight excluding hydrogens is 314 g/mol. The number of ether oxygens (including phenoxy) is 2. The summed E-state index contributed by atoms with van der Waals surface area (Å²) < 4.78 is 10.6. The molecule has 5 heteroatoms. The van der Waals surface area contributed by atoms with E-state index in [9.17, 15) is 4.79 Å². The van der Waals surface area contributed by atoms with E-state index in [4.69, 9.17) is 21.1 Å². The van der Waals surface area contributed by atoms with E-state index >= 15 is 0 Å². The second-order valence-electron chi connectivity index (χ2n) is 5.04. The molecule has 0 aliphatic carbocycles. The third kappa shape index (κ3) is 5.18. The summed E-state index contributed by atoms with van der Waals surface area (Å²) in [7, 11) is 1.63. The predicted octanol–water partition coefficient (Wildman–Crippen LogP) is 3.99. The topological polar surface area (TPSA) is 47.6 Å². The molecule has 2 aromatic carbocycles. The van der Waals surface area contributed by atoms with Crippen molar-refractivity contribution in [2.45, 2.75) is 19.4 Å². The SMILES string of the molecule is CC[C@@H](NC(=O)COc1ccc(Cl)cc1)c1ccc(OC)cc1. The Kier molecular flexibility index (Phi) is 6.29. The van der Waals surface area contributed by atoms with Gasteiger partial charge in [-0.25, -0.2) is 0 Å². The van der Waals surface area contributed by atoms with Crippen molar-refractivity contribution in [3.8, 4) is 11.5 Å². The Morgan fingerprint density at radius 1 is 1.09 bits per heavy atom. The van der Waals surface area contributed by atoms with Crippen LogP contribution in [0.4, 0.5) is 0 Å². The molecule has 0 radical (unpaired) electrons. The average molecular weight is 334 g/mol. The van der Waals surface area contributed by atoms with Crippen molar-refractivity contribution in [1.82, 2.24) is 5.32 Å². The summed E-state index contributed by atoms with van der Waals surface area (Å²) in [5, 5.41) is 3.60. The Morgan fingerprint density at radius 2 is 1.70 bits per heavy atom. The molecule has 0 spiro atoms. The summed E-state index contributed by atoms with van der Waals surface area (Å²) in [6, 6.07) is 14.5. The van der Waals surface area contributed by atoms with Gasteiger partial charge in [0.1, 0.15) is 11.5 Å². The minimum Gasteiger partial charge on any atom is -0.497 e. The summed E-state index contributed by atoms with van der Waals surface area (Å²) in [4.78, 5) is 12.1. The highest BCUT2D eigenvalue weighted by atomic mass is 35.5. The van der Waals surface area contributed by atoms with Gasteiger partial charge in [0.2, 0.25) is 0 Å². The van der Waals surface area contributed by atoms with Crippen LogP contribution in [0.15, 0.2) is 48.5 Å². The summed E-state index contributed by atoms with van der Waals surface area (Å²) in [6.07, 6.45) is 0.791. The van der Waals surface area contributed by atoms with Crippen LogP contribution in [0.5, 0.6) is 11.5 Å². The van der Waals surface area contributed by atoms with Gasteiger partial charge in [-0.15, -0.1) is 0 Å². The van der Waals surface area contributed by atoms with E-state index in [-0.39, 0.29) is 18.6 Å². The number of benzene rings is 2. The van der Waals surface area contributed by atoms with E-state index in [1.165, 1.54) is 0 Å². The fraction of sp³-hybridized carbons (Fsp3) is 0.278. The molecule has 0 fully saturated rings. The molecule has 0 heterocycles. The first-order chi connectivity index (χ1) is 11.1. The van der Waals surface area contributed by atoms with Gasteiger partial charge in [-0.2, -0.15) is 0 Å². The maximum Gasteiger partial charge on any atom is 0.258 e. The average Bonchev–Trinajstić information content (AvgIpc) is 2.59. The zero-order valence-corrected chi connectivity index (χ0v) is 14.0. The van der Waals surface area contributed by atoms with E-state index < -0.39 is 0 Å². The molecule has 0 aliphatic rings. The molecule has 0 unspecified atom stereocenters. The van der Waals surface area contributed by atoms with Crippen molar-refractivity contribution in [3.05, 3.63) is 59.1 Å². The molecule has 4 nitrogen and oxygen atoms in total. The van der Waals surface area contributed by atoms with Crippen LogP contribution in [0.3, 0.4) is 0 Å². The monoisotopic (exact) mass is 333 g/mol. The zero-order valence-electron chi connectivity index (χ0n) is 13.2. The number of carbonyl (C=O) groups is 1. The Hall–Kier alpha value is -2.20. The van der Waals surface area contributed by atoms with Gasteiger partial charge in [0, 0.05) is 5.02 Å². The summed E-state index contributed by atoms with van der Waals surface area (Å²) in [6.45, 7) is 1.99. The Labute approximate surface area is 141 Å². The Morgan fingerprint density at radius 3 is 2.26 bits per heavy atom. The molecule has 1 atom stereocenters. The van der Waals surface area contributed by atoms with Gasteiger partial charge in [-0.3, -0.25) is 4.79 Å². The highest BCUT2D eigenvalue weighted by molar-refractivity contribution is 6.30. The molecule has 0 bridgehead atoms. The molecule has 0 saturated heterocycles. The van der Waals surface area contributed by atoms with E-state index in [0.29, 0.717) is 10.8 Å². The molecule has 0 saturated carbocycles. The molecule has 1 amide bonds. The van der Waals surface area contributed by atoms with Crippen molar-refractivity contribution >= 4 is 17.5 Å². The lowest BCUT2D eigenvalue weighted by molar-refractivity contribution is -0.123. The van der Waals surface area contributed by atoms with E-state index in [1.807, 2.05) is 31.2 Å². The molecule has 1 N–H and O–H groups in total. The molecule has 122 valence electrons. The van der Waals surface area contributed by atoms with E-state index in [0.717, 1.165) is 17.7 Å². The summed E-state index contributed by atoms with van der Waals surface area (Å²) in [5.41, 5.74) is 1.04. The predicted molar refractivity (Wildman–Crippen MR) is 91.1 cm³/mol. The van der Waals surface area contributed by atoms with Gasteiger partial charge in [0.25, 0.3) is 5.91 Å². The number of methoxy groups -OCH3 is 1. The number of halogens is 1. The molecule has 2 rings (SSSR count). The van der Waals surface area contributed by atoms with Gasteiger partial charge in [-0.05, 0) is 48.4 Å². The molecule has 2 aromatic rings. The standard InChI is InChI=1S/C18H20ClNO3/c1-3-17(13-4-8-15(22-2)9-5-13)20-18(21)12-23-16-10-6-14(19)7-11-16/h4-11,17H,3,12H2,1-2H3,(H,20,21)/t17-/m1/s1. The first-order valence-corrected chi connectivity index (χ1v) is 7.82. The lowest BCUT2D eigenvalue weighted by Crippen LogP contribution is -2.32. The highest BCUT2D eigenvalue weighted by Crippen LogP contribution is 2.20. The van der Waals surface area contributed by atoms with Gasteiger partial charge in [0.05, 0.1) is 13.2 Å². The van der Waals surface area contributed by atoms with Crippen LogP contribution in [-0.4, -0.2) is 19.6 Å². The maximum absolute atomic E-state index is 12.1. The second-order valence-corrected chi connectivity index (χ2v) is 5.48. The number of rotatable bonds is 7. The van der Waals surface area contributed by atoms with Crippen molar-refractivity contribution in [3.63, 3.8) is 0 Å². The third-order valence-corrected chi connectivity index (χ3v) is 3.70. The lowest BCUT2D eigenvalue weighted by atomic mass is 10.0. The molecule has 0 aromatic heterocycles. The van der Waals surface area contributed by atoms with E-state index in [1.54, 1.807) is 31.4 Å². The van der Waals surface area contributed by atoms with Crippen LogP contribution in [-0.2, 0) is 4.79 Å². The fourth-order valence-electron chi connectivity index (χ4n) is 2.17. The minimum absolute atomic E-state index is 0.0334. The molecular formula is C18H20ClNO3. The van der Waals surface area contributed by atoms with E-state index in [2.05, 4.69) is 5.32 Å². The number of hydrogen-bond donors (Lipinski definition) is 1. The normalized spacial score (nSPS) is 11.6. The van der Waals surface area contributed by atoms with Crippen LogP contribution in [0, 0.1) is 0 Å². The first kappa shape index (κ1) is 17.2. The smallest absolute Gasteiger partial charge is 0.258 e. The molecule has 23 heavy (non-hydrogen) atoms. The Bertz CT molecular complexity index is 626. The number of hydrogen-bond acceptors (Lipinski definition) is 3. The van der Waals surface area contributed by atoms with Gasteiger partial charge < -0.3 is 14.8 Å². The van der Waals surface area contributed by atoms with Crippen molar-refractivity contribution < 1.29 is 14.3 Å². The van der Waals surface area contributed by atoms with Crippen LogP contribution in [0.1, 0.15) is 24.9 Å². The minimum atomic E-state index is -0.164. The summed E-state index contributed by atoms with van der Waals surface area (Å²) >= 11 is 5.81. The van der Waals surface area contributed by atoms with Crippen LogP contribution in [0.25, 0.3) is 0 Å². The van der Waals surface area contributed by atoms with Crippen LogP contribution < -0.4 is 14.8 Å². The number of amides is 1. The lowest BCUT2D eigenvalue weighted by Gasteiger charge is -2.18. The largest absolute Gasteiger partial charge is 0.497 e. The maximum atomic E-state index is 12.1. The van der Waals surface area contributed by atoms with Gasteiger partial charge in [0.15, 0.2) is 6.61 Å². The quantitative estimate of drug-likeness (QED) is 0.833. The van der Waals surface area contributed by atoms with Gasteiger partial charge in [-0.1, -0.05) is 30.7 Å². The second kappa shape index (κ2) is 8.44. The van der Waals surface area contributed by atoms with Gasteiger partial charge >= 0.3 is 0 Å². The fourth-order valence-corrected chi connectivity index (χ4v) is 2.30. The highest BCUT2D eigenvalue weighted by Gasteiger charge is 2.13. The van der Waals surface area contributed by atoms with Crippen LogP contribution in [0.2, 0.25) is 5.02 Å². The van der Waals surface area contributed by atoms with Crippen molar-refractivity contribution in [1.29, 1.82) is 0 Å². The number of nitrogens with one attached hydrogen (secondary N) is 1. The third-order valence-electron chi connectivity index (χ3n) is 3.45. The zero-order chi connectivity index (χ0) is 16.7. The van der Waals surface area contributed by atoms with Crippen LogP contribution >= 0.6 is 11.6 Å². The Balaban J connectivity index is 1.89. The van der Waals surface area contributed by atoms with Crippen molar-refractivity contribution in [2.24, 2.45) is 0 Å².